The lowest BCUT2D eigenvalue weighted by Crippen LogP contribution is -2.51. The molecule has 0 bridgehead atoms. The lowest BCUT2D eigenvalue weighted by Gasteiger charge is -2.38. The third kappa shape index (κ3) is 2.45. The van der Waals surface area contributed by atoms with Crippen LogP contribution in [0.4, 0.5) is 0 Å². The smallest absolute Gasteiger partial charge is 0.239 e. The van der Waals surface area contributed by atoms with Gasteiger partial charge < -0.3 is 15.7 Å². The lowest BCUT2D eigenvalue weighted by atomic mass is 9.91. The van der Waals surface area contributed by atoms with E-state index < -0.39 is 6.04 Å². The molecular formula is C10H20N2O2. The molecule has 1 saturated carbocycles. The molecule has 0 saturated heterocycles. The van der Waals surface area contributed by atoms with Gasteiger partial charge in [0.25, 0.3) is 0 Å². The number of aliphatic hydroxyl groups excluding tert-OH is 1. The van der Waals surface area contributed by atoms with Crippen molar-refractivity contribution in [1.82, 2.24) is 4.90 Å². The molecule has 1 fully saturated rings. The fraction of sp³-hybridized carbons (Fsp3) is 0.900. The zero-order valence-electron chi connectivity index (χ0n) is 8.78. The first kappa shape index (κ1) is 11.5. The maximum atomic E-state index is 11.8. The van der Waals surface area contributed by atoms with E-state index in [-0.39, 0.29) is 12.5 Å². The number of carbonyl (C=O) groups excluding carboxylic acids is 1. The first-order valence-electron chi connectivity index (χ1n) is 5.37. The van der Waals surface area contributed by atoms with Crippen molar-refractivity contribution in [2.75, 3.05) is 13.2 Å². The zero-order valence-corrected chi connectivity index (χ0v) is 8.78. The Kier molecular flexibility index (Phi) is 4.35. The Bertz CT molecular complexity index is 193. The summed E-state index contributed by atoms with van der Waals surface area (Å²) < 4.78 is 0. The van der Waals surface area contributed by atoms with Gasteiger partial charge in [0.05, 0.1) is 12.6 Å². The van der Waals surface area contributed by atoms with E-state index in [1.54, 1.807) is 4.90 Å². The molecular weight excluding hydrogens is 180 g/mol. The van der Waals surface area contributed by atoms with Crippen molar-refractivity contribution in [2.24, 2.45) is 5.73 Å². The minimum Gasteiger partial charge on any atom is -0.395 e. The molecule has 0 aromatic carbocycles. The van der Waals surface area contributed by atoms with Gasteiger partial charge in [0, 0.05) is 12.6 Å². The first-order chi connectivity index (χ1) is 6.70. The number of carbonyl (C=O) groups is 1. The average molecular weight is 200 g/mol. The highest BCUT2D eigenvalue weighted by Gasteiger charge is 2.30. The summed E-state index contributed by atoms with van der Waals surface area (Å²) in [5.74, 6) is -0.00810. The van der Waals surface area contributed by atoms with Gasteiger partial charge in [-0.3, -0.25) is 4.79 Å². The minimum absolute atomic E-state index is 0.00810. The molecule has 0 radical (unpaired) electrons. The Morgan fingerprint density at radius 3 is 2.64 bits per heavy atom. The summed E-state index contributed by atoms with van der Waals surface area (Å²) in [6.45, 7) is 2.36. The van der Waals surface area contributed by atoms with Crippen LogP contribution in [0.1, 0.15) is 32.6 Å². The molecule has 0 heterocycles. The number of rotatable bonds is 5. The molecule has 0 unspecified atom stereocenters. The maximum Gasteiger partial charge on any atom is 0.239 e. The monoisotopic (exact) mass is 200 g/mol. The van der Waals surface area contributed by atoms with Gasteiger partial charge in [0.1, 0.15) is 0 Å². The normalized spacial score (nSPS) is 18.8. The molecule has 14 heavy (non-hydrogen) atoms. The molecule has 82 valence electrons. The third-order valence-corrected chi connectivity index (χ3v) is 2.90. The first-order valence-corrected chi connectivity index (χ1v) is 5.37. The van der Waals surface area contributed by atoms with E-state index >= 15 is 0 Å². The standard InChI is InChI=1S/C10H20N2O2/c1-2-9(11)10(14)12(6-7-13)8-4-3-5-8/h8-9,13H,2-7,11H2,1H3/t9-/m1/s1. The highest BCUT2D eigenvalue weighted by molar-refractivity contribution is 5.82. The molecule has 0 aromatic rings. The van der Waals surface area contributed by atoms with Gasteiger partial charge in [-0.05, 0) is 25.7 Å². The summed E-state index contributed by atoms with van der Waals surface area (Å²) in [6.07, 6.45) is 3.96. The Balaban J connectivity index is 2.51. The molecule has 1 amide bonds. The van der Waals surface area contributed by atoms with Gasteiger partial charge in [-0.25, -0.2) is 0 Å². The number of aliphatic hydroxyl groups is 1. The van der Waals surface area contributed by atoms with Gasteiger partial charge in [0.2, 0.25) is 5.91 Å². The van der Waals surface area contributed by atoms with E-state index in [0.29, 0.717) is 19.0 Å². The molecule has 1 aliphatic carbocycles. The molecule has 0 aliphatic heterocycles. The number of amides is 1. The van der Waals surface area contributed by atoms with Gasteiger partial charge >= 0.3 is 0 Å². The summed E-state index contributed by atoms with van der Waals surface area (Å²) in [5.41, 5.74) is 5.69. The van der Waals surface area contributed by atoms with Crippen LogP contribution in [0.5, 0.6) is 0 Å². The largest absolute Gasteiger partial charge is 0.395 e. The van der Waals surface area contributed by atoms with E-state index in [9.17, 15) is 4.79 Å². The van der Waals surface area contributed by atoms with E-state index in [1.807, 2.05) is 6.92 Å². The van der Waals surface area contributed by atoms with Crippen LogP contribution in [-0.4, -0.2) is 41.1 Å². The molecule has 4 heteroatoms. The zero-order chi connectivity index (χ0) is 10.6. The molecule has 3 N–H and O–H groups in total. The van der Waals surface area contributed by atoms with Crippen molar-refractivity contribution in [3.8, 4) is 0 Å². The third-order valence-electron chi connectivity index (χ3n) is 2.90. The van der Waals surface area contributed by atoms with Crippen molar-refractivity contribution in [2.45, 2.75) is 44.7 Å². The van der Waals surface area contributed by atoms with Gasteiger partial charge in [-0.1, -0.05) is 6.92 Å². The van der Waals surface area contributed by atoms with Crippen LogP contribution in [-0.2, 0) is 4.79 Å². The summed E-state index contributed by atoms with van der Waals surface area (Å²) >= 11 is 0. The number of hydrogen-bond donors (Lipinski definition) is 2. The van der Waals surface area contributed by atoms with Crippen LogP contribution in [0, 0.1) is 0 Å². The number of hydrogen-bond acceptors (Lipinski definition) is 3. The van der Waals surface area contributed by atoms with Crippen LogP contribution in [0.15, 0.2) is 0 Å². The summed E-state index contributed by atoms with van der Waals surface area (Å²) in [5, 5.41) is 8.87. The summed E-state index contributed by atoms with van der Waals surface area (Å²) in [6, 6.07) is -0.0746. The Morgan fingerprint density at radius 2 is 2.29 bits per heavy atom. The second kappa shape index (κ2) is 5.32. The van der Waals surface area contributed by atoms with Gasteiger partial charge in [0.15, 0.2) is 0 Å². The van der Waals surface area contributed by atoms with Crippen molar-refractivity contribution < 1.29 is 9.90 Å². The van der Waals surface area contributed by atoms with Crippen molar-refractivity contribution in [3.05, 3.63) is 0 Å². The maximum absolute atomic E-state index is 11.8. The van der Waals surface area contributed by atoms with Crippen LogP contribution in [0.3, 0.4) is 0 Å². The van der Waals surface area contributed by atoms with Crippen LogP contribution in [0.2, 0.25) is 0 Å². The van der Waals surface area contributed by atoms with Crippen LogP contribution < -0.4 is 5.73 Å². The highest BCUT2D eigenvalue weighted by Crippen LogP contribution is 2.25. The lowest BCUT2D eigenvalue weighted by molar-refractivity contribution is -0.137. The Morgan fingerprint density at radius 1 is 1.64 bits per heavy atom. The van der Waals surface area contributed by atoms with Crippen LogP contribution in [0.25, 0.3) is 0 Å². The van der Waals surface area contributed by atoms with E-state index in [1.165, 1.54) is 6.42 Å². The average Bonchev–Trinajstić information content (AvgIpc) is 2.12. The fourth-order valence-electron chi connectivity index (χ4n) is 1.67. The second-order valence-electron chi connectivity index (χ2n) is 3.85. The minimum atomic E-state index is -0.401. The predicted molar refractivity (Wildman–Crippen MR) is 54.7 cm³/mol. The van der Waals surface area contributed by atoms with E-state index in [0.717, 1.165) is 12.8 Å². The topological polar surface area (TPSA) is 66.6 Å². The SMILES string of the molecule is CC[C@@H](N)C(=O)N(CCO)C1CCC1. The summed E-state index contributed by atoms with van der Waals surface area (Å²) in [7, 11) is 0. The van der Waals surface area contributed by atoms with Crippen molar-refractivity contribution in [3.63, 3.8) is 0 Å². The highest BCUT2D eigenvalue weighted by atomic mass is 16.3. The van der Waals surface area contributed by atoms with Crippen molar-refractivity contribution >= 4 is 5.91 Å². The summed E-state index contributed by atoms with van der Waals surface area (Å²) in [4.78, 5) is 13.5. The number of nitrogens with two attached hydrogens (primary N) is 1. The van der Waals surface area contributed by atoms with Gasteiger partial charge in [-0.15, -0.1) is 0 Å². The molecule has 1 aliphatic rings. The second-order valence-corrected chi connectivity index (χ2v) is 3.85. The Hall–Kier alpha value is -0.610. The quantitative estimate of drug-likeness (QED) is 0.661. The fourth-order valence-corrected chi connectivity index (χ4v) is 1.67. The van der Waals surface area contributed by atoms with E-state index in [4.69, 9.17) is 10.8 Å². The van der Waals surface area contributed by atoms with Crippen LogP contribution >= 0.6 is 0 Å². The molecule has 1 atom stereocenters. The molecule has 0 spiro atoms. The number of nitrogens with zero attached hydrogens (tertiary/aromatic N) is 1. The molecule has 1 rings (SSSR count). The van der Waals surface area contributed by atoms with Gasteiger partial charge in [-0.2, -0.15) is 0 Å². The molecule has 4 nitrogen and oxygen atoms in total. The predicted octanol–water partition coefficient (Wildman–Crippen LogP) is 0.0971. The van der Waals surface area contributed by atoms with Crippen molar-refractivity contribution in [1.29, 1.82) is 0 Å². The van der Waals surface area contributed by atoms with E-state index in [2.05, 4.69) is 0 Å². The molecule has 0 aromatic heterocycles. The Labute approximate surface area is 85.1 Å².